The van der Waals surface area contributed by atoms with Gasteiger partial charge in [0, 0.05) is 12.3 Å². The van der Waals surface area contributed by atoms with Gasteiger partial charge in [0.1, 0.15) is 11.8 Å². The molecule has 21 heavy (non-hydrogen) atoms. The number of amides is 1. The van der Waals surface area contributed by atoms with Gasteiger partial charge >= 0.3 is 5.97 Å². The molecule has 2 unspecified atom stereocenters. The predicted octanol–water partition coefficient (Wildman–Crippen LogP) is 1.86. The summed E-state index contributed by atoms with van der Waals surface area (Å²) in [6.45, 7) is 0. The van der Waals surface area contributed by atoms with Crippen molar-refractivity contribution in [3.05, 3.63) is 42.0 Å². The number of rotatable bonds is 5. The number of nitrogens with one attached hydrogen (secondary N) is 1. The third-order valence-corrected chi connectivity index (χ3v) is 3.63. The molecule has 0 aromatic heterocycles. The van der Waals surface area contributed by atoms with Crippen molar-refractivity contribution in [3.63, 3.8) is 0 Å². The maximum absolute atomic E-state index is 12.1. The van der Waals surface area contributed by atoms with Gasteiger partial charge in [-0.15, -0.1) is 0 Å². The van der Waals surface area contributed by atoms with Gasteiger partial charge < -0.3 is 15.5 Å². The minimum Gasteiger partial charge on any atom is -0.508 e. The average molecular weight is 289 g/mol. The monoisotopic (exact) mass is 289 g/mol. The van der Waals surface area contributed by atoms with E-state index in [1.165, 1.54) is 12.1 Å². The number of carbonyl (C=O) groups excluding carboxylic acids is 1. The van der Waals surface area contributed by atoms with Crippen LogP contribution in [0.15, 0.2) is 36.4 Å². The molecule has 112 valence electrons. The molecule has 5 heteroatoms. The summed E-state index contributed by atoms with van der Waals surface area (Å²) in [4.78, 5) is 23.4. The number of carbonyl (C=O) groups is 2. The number of carboxylic acids is 1. The van der Waals surface area contributed by atoms with Crippen LogP contribution in [0.4, 0.5) is 0 Å². The van der Waals surface area contributed by atoms with E-state index in [9.17, 15) is 19.8 Å². The van der Waals surface area contributed by atoms with Crippen molar-refractivity contribution < 1.29 is 19.8 Å². The summed E-state index contributed by atoms with van der Waals surface area (Å²) in [6.07, 6.45) is 6.47. The van der Waals surface area contributed by atoms with Crippen LogP contribution in [0.1, 0.15) is 24.8 Å². The van der Waals surface area contributed by atoms with Crippen LogP contribution in [-0.4, -0.2) is 28.1 Å². The zero-order valence-corrected chi connectivity index (χ0v) is 11.7. The van der Waals surface area contributed by atoms with Gasteiger partial charge in [0.15, 0.2) is 0 Å². The normalized spacial score (nSPS) is 19.0. The van der Waals surface area contributed by atoms with Gasteiger partial charge in [-0.1, -0.05) is 24.3 Å². The quantitative estimate of drug-likeness (QED) is 0.722. The minimum absolute atomic E-state index is 0.128. The third kappa shape index (κ3) is 4.34. The SMILES string of the molecule is O=C(NC(Cc1ccc(O)cc1)C(=O)O)C1CC=CCC1. The lowest BCUT2D eigenvalue weighted by Crippen LogP contribution is -2.45. The molecule has 0 spiro atoms. The fourth-order valence-electron chi connectivity index (χ4n) is 2.39. The number of aromatic hydroxyl groups is 1. The van der Waals surface area contributed by atoms with Crippen molar-refractivity contribution in [1.82, 2.24) is 5.32 Å². The van der Waals surface area contributed by atoms with E-state index in [0.29, 0.717) is 6.42 Å². The number of hydrogen-bond acceptors (Lipinski definition) is 3. The fourth-order valence-corrected chi connectivity index (χ4v) is 2.39. The fraction of sp³-hybridized carbons (Fsp3) is 0.375. The lowest BCUT2D eigenvalue weighted by Gasteiger charge is -2.21. The van der Waals surface area contributed by atoms with Crippen LogP contribution < -0.4 is 5.32 Å². The van der Waals surface area contributed by atoms with E-state index in [-0.39, 0.29) is 24.0 Å². The molecule has 1 amide bonds. The molecule has 5 nitrogen and oxygen atoms in total. The Morgan fingerprint density at radius 3 is 2.52 bits per heavy atom. The lowest BCUT2D eigenvalue weighted by atomic mass is 9.93. The Morgan fingerprint density at radius 2 is 1.95 bits per heavy atom. The Balaban J connectivity index is 1.98. The summed E-state index contributed by atoms with van der Waals surface area (Å²) in [5, 5.41) is 21.1. The molecule has 0 bridgehead atoms. The van der Waals surface area contributed by atoms with Crippen LogP contribution in [0, 0.1) is 5.92 Å². The molecule has 0 radical (unpaired) electrons. The zero-order valence-electron chi connectivity index (χ0n) is 11.7. The van der Waals surface area contributed by atoms with Crippen molar-refractivity contribution in [2.24, 2.45) is 5.92 Å². The summed E-state index contributed by atoms with van der Waals surface area (Å²) >= 11 is 0. The maximum atomic E-state index is 12.1. The Hall–Kier alpha value is -2.30. The topological polar surface area (TPSA) is 86.6 Å². The molecule has 2 atom stereocenters. The third-order valence-electron chi connectivity index (χ3n) is 3.63. The van der Waals surface area contributed by atoms with Gasteiger partial charge in [-0.05, 0) is 37.0 Å². The number of phenols is 1. The van der Waals surface area contributed by atoms with Gasteiger partial charge in [0.2, 0.25) is 5.91 Å². The number of aliphatic carboxylic acids is 1. The minimum atomic E-state index is -1.05. The second kappa shape index (κ2) is 6.92. The van der Waals surface area contributed by atoms with Crippen molar-refractivity contribution in [2.45, 2.75) is 31.7 Å². The molecule has 1 aliphatic carbocycles. The second-order valence-corrected chi connectivity index (χ2v) is 5.25. The molecule has 0 aliphatic heterocycles. The first kappa shape index (κ1) is 15.1. The highest BCUT2D eigenvalue weighted by atomic mass is 16.4. The molecular weight excluding hydrogens is 270 g/mol. The van der Waals surface area contributed by atoms with Crippen molar-refractivity contribution in [1.29, 1.82) is 0 Å². The van der Waals surface area contributed by atoms with Gasteiger partial charge in [-0.3, -0.25) is 4.79 Å². The average Bonchev–Trinajstić information content (AvgIpc) is 2.49. The molecule has 1 aromatic rings. The maximum Gasteiger partial charge on any atom is 0.326 e. The van der Waals surface area contributed by atoms with E-state index in [4.69, 9.17) is 0 Å². The van der Waals surface area contributed by atoms with E-state index in [0.717, 1.165) is 18.4 Å². The number of phenolic OH excluding ortho intramolecular Hbond substituents is 1. The van der Waals surface area contributed by atoms with E-state index < -0.39 is 12.0 Å². The summed E-state index contributed by atoms with van der Waals surface area (Å²) < 4.78 is 0. The first-order chi connectivity index (χ1) is 10.1. The summed E-state index contributed by atoms with van der Waals surface area (Å²) in [5.74, 6) is -1.27. The lowest BCUT2D eigenvalue weighted by molar-refractivity contribution is -0.142. The predicted molar refractivity (Wildman–Crippen MR) is 77.9 cm³/mol. The number of hydrogen-bond donors (Lipinski definition) is 3. The summed E-state index contributed by atoms with van der Waals surface area (Å²) in [5.41, 5.74) is 0.754. The van der Waals surface area contributed by atoms with Gasteiger partial charge in [-0.2, -0.15) is 0 Å². The molecular formula is C16H19NO4. The van der Waals surface area contributed by atoms with Gasteiger partial charge in [-0.25, -0.2) is 4.79 Å². The van der Waals surface area contributed by atoms with Crippen molar-refractivity contribution in [3.8, 4) is 5.75 Å². The molecule has 1 aliphatic rings. The van der Waals surface area contributed by atoms with E-state index in [1.54, 1.807) is 12.1 Å². The number of carboxylic acid groups (broad SMARTS) is 1. The summed E-state index contributed by atoms with van der Waals surface area (Å²) in [7, 11) is 0. The van der Waals surface area contributed by atoms with Crippen LogP contribution in [0.5, 0.6) is 5.75 Å². The Bertz CT molecular complexity index is 536. The molecule has 0 saturated carbocycles. The van der Waals surface area contributed by atoms with Crippen LogP contribution in [0.3, 0.4) is 0 Å². The van der Waals surface area contributed by atoms with E-state index in [1.807, 2.05) is 12.2 Å². The van der Waals surface area contributed by atoms with Crippen molar-refractivity contribution in [2.75, 3.05) is 0 Å². The zero-order chi connectivity index (χ0) is 15.2. The van der Waals surface area contributed by atoms with Crippen LogP contribution >= 0.6 is 0 Å². The molecule has 1 aromatic carbocycles. The van der Waals surface area contributed by atoms with Crippen molar-refractivity contribution >= 4 is 11.9 Å². The Labute approximate surface area is 123 Å². The molecule has 0 heterocycles. The van der Waals surface area contributed by atoms with E-state index in [2.05, 4.69) is 5.32 Å². The highest BCUT2D eigenvalue weighted by Crippen LogP contribution is 2.18. The number of allylic oxidation sites excluding steroid dienone is 2. The smallest absolute Gasteiger partial charge is 0.326 e. The van der Waals surface area contributed by atoms with Gasteiger partial charge in [0.05, 0.1) is 0 Å². The Morgan fingerprint density at radius 1 is 1.24 bits per heavy atom. The standard InChI is InChI=1S/C16H19NO4/c18-13-8-6-11(7-9-13)10-14(16(20)21)17-15(19)12-4-2-1-3-5-12/h1-2,6-9,12,14,18H,3-5,10H2,(H,17,19)(H,20,21). The highest BCUT2D eigenvalue weighted by Gasteiger charge is 2.25. The molecule has 2 rings (SSSR count). The molecule has 0 saturated heterocycles. The van der Waals surface area contributed by atoms with Crippen LogP contribution in [-0.2, 0) is 16.0 Å². The Kier molecular flexibility index (Phi) is 4.98. The van der Waals surface area contributed by atoms with Crippen LogP contribution in [0.25, 0.3) is 0 Å². The highest BCUT2D eigenvalue weighted by molar-refractivity contribution is 5.85. The van der Waals surface area contributed by atoms with Crippen LogP contribution in [0.2, 0.25) is 0 Å². The first-order valence-corrected chi connectivity index (χ1v) is 7.02. The van der Waals surface area contributed by atoms with E-state index >= 15 is 0 Å². The summed E-state index contributed by atoms with van der Waals surface area (Å²) in [6, 6.07) is 5.36. The molecule has 3 N–H and O–H groups in total. The first-order valence-electron chi connectivity index (χ1n) is 7.02. The second-order valence-electron chi connectivity index (χ2n) is 5.25. The molecule has 0 fully saturated rings. The van der Waals surface area contributed by atoms with Gasteiger partial charge in [0.25, 0.3) is 0 Å². The number of benzene rings is 1. The largest absolute Gasteiger partial charge is 0.508 e.